The summed E-state index contributed by atoms with van der Waals surface area (Å²) in [6, 6.07) is 6.60. The van der Waals surface area contributed by atoms with E-state index >= 15 is 0 Å². The van der Waals surface area contributed by atoms with Crippen molar-refractivity contribution in [2.45, 2.75) is 38.8 Å². The highest BCUT2D eigenvalue weighted by atomic mass is 16.5. The molecule has 1 unspecified atom stereocenters. The van der Waals surface area contributed by atoms with Gasteiger partial charge in [-0.2, -0.15) is 0 Å². The lowest BCUT2D eigenvalue weighted by Gasteiger charge is -2.32. The van der Waals surface area contributed by atoms with Gasteiger partial charge in [0.2, 0.25) is 0 Å². The maximum Gasteiger partial charge on any atom is 0.165 e. The highest BCUT2D eigenvalue weighted by Crippen LogP contribution is 2.32. The van der Waals surface area contributed by atoms with E-state index in [2.05, 4.69) is 18.3 Å². The van der Waals surface area contributed by atoms with Crippen molar-refractivity contribution >= 4 is 0 Å². The van der Waals surface area contributed by atoms with Gasteiger partial charge < -0.3 is 14.8 Å². The summed E-state index contributed by atoms with van der Waals surface area (Å²) in [6.07, 6.45) is 4.12. The van der Waals surface area contributed by atoms with Gasteiger partial charge in [0.05, 0.1) is 14.2 Å². The van der Waals surface area contributed by atoms with Crippen LogP contribution in [0.1, 0.15) is 31.7 Å². The summed E-state index contributed by atoms with van der Waals surface area (Å²) in [6.45, 7) is 3.11. The van der Waals surface area contributed by atoms with Gasteiger partial charge in [-0.25, -0.2) is 0 Å². The van der Waals surface area contributed by atoms with Crippen molar-refractivity contribution in [1.82, 2.24) is 5.32 Å². The first kappa shape index (κ1) is 13.2. The Morgan fingerprint density at radius 3 is 2.61 bits per heavy atom. The van der Waals surface area contributed by atoms with Crippen LogP contribution in [0.3, 0.4) is 0 Å². The largest absolute Gasteiger partial charge is 0.493 e. The van der Waals surface area contributed by atoms with E-state index in [4.69, 9.17) is 9.47 Å². The van der Waals surface area contributed by atoms with Crippen LogP contribution in [0.5, 0.6) is 11.5 Å². The van der Waals surface area contributed by atoms with Crippen LogP contribution in [0.4, 0.5) is 0 Å². The lowest BCUT2D eigenvalue weighted by Crippen LogP contribution is -2.36. The van der Waals surface area contributed by atoms with Crippen LogP contribution < -0.4 is 14.8 Å². The Hall–Kier alpha value is -1.22. The number of ether oxygens (including phenoxy) is 2. The second-order valence-corrected chi connectivity index (χ2v) is 5.01. The highest BCUT2D eigenvalue weighted by molar-refractivity contribution is 5.46. The van der Waals surface area contributed by atoms with E-state index in [0.717, 1.165) is 29.5 Å². The summed E-state index contributed by atoms with van der Waals surface area (Å²) in [7, 11) is 3.36. The molecule has 18 heavy (non-hydrogen) atoms. The molecule has 1 fully saturated rings. The SMILES string of the molecule is COc1cccc(CNC(C)C2CCC2)c1OC. The van der Waals surface area contributed by atoms with Crippen molar-refractivity contribution in [3.63, 3.8) is 0 Å². The molecule has 0 aromatic heterocycles. The van der Waals surface area contributed by atoms with Gasteiger partial charge in [-0.15, -0.1) is 0 Å². The minimum Gasteiger partial charge on any atom is -0.493 e. The quantitative estimate of drug-likeness (QED) is 0.840. The molecule has 3 heteroatoms. The Morgan fingerprint density at radius 2 is 2.06 bits per heavy atom. The summed E-state index contributed by atoms with van der Waals surface area (Å²) in [5.41, 5.74) is 1.16. The van der Waals surface area contributed by atoms with Gasteiger partial charge in [0.1, 0.15) is 0 Å². The Kier molecular flexibility index (Phi) is 4.48. The molecule has 100 valence electrons. The van der Waals surface area contributed by atoms with Crippen LogP contribution in [0.25, 0.3) is 0 Å². The van der Waals surface area contributed by atoms with Crippen molar-refractivity contribution in [3.05, 3.63) is 23.8 Å². The number of methoxy groups -OCH3 is 2. The zero-order chi connectivity index (χ0) is 13.0. The smallest absolute Gasteiger partial charge is 0.165 e. The molecule has 1 N–H and O–H groups in total. The van der Waals surface area contributed by atoms with E-state index in [1.807, 2.05) is 12.1 Å². The molecular weight excluding hydrogens is 226 g/mol. The fraction of sp³-hybridized carbons (Fsp3) is 0.600. The van der Waals surface area contributed by atoms with Crippen LogP contribution in [0.15, 0.2) is 18.2 Å². The molecule has 0 bridgehead atoms. The van der Waals surface area contributed by atoms with Gasteiger partial charge in [-0.3, -0.25) is 0 Å². The van der Waals surface area contributed by atoms with Crippen molar-refractivity contribution in [3.8, 4) is 11.5 Å². The molecule has 1 aromatic carbocycles. The number of hydrogen-bond donors (Lipinski definition) is 1. The first-order valence-electron chi connectivity index (χ1n) is 6.69. The summed E-state index contributed by atoms with van der Waals surface area (Å²) in [5, 5.41) is 3.59. The Labute approximate surface area is 109 Å². The van der Waals surface area contributed by atoms with E-state index in [1.165, 1.54) is 19.3 Å². The molecule has 0 radical (unpaired) electrons. The summed E-state index contributed by atoms with van der Waals surface area (Å²) in [5.74, 6) is 2.49. The Bertz CT molecular complexity index is 388. The third-order valence-electron chi connectivity index (χ3n) is 3.96. The molecule has 0 amide bonds. The van der Waals surface area contributed by atoms with Crippen LogP contribution in [0.2, 0.25) is 0 Å². The van der Waals surface area contributed by atoms with E-state index in [9.17, 15) is 0 Å². The van der Waals surface area contributed by atoms with Crippen molar-refractivity contribution in [2.75, 3.05) is 14.2 Å². The predicted octanol–water partition coefficient (Wildman–Crippen LogP) is 2.98. The standard InChI is InChI=1S/C15H23NO2/c1-11(12-6-4-7-12)16-10-13-8-5-9-14(17-2)15(13)18-3/h5,8-9,11-12,16H,4,6-7,10H2,1-3H3. The van der Waals surface area contributed by atoms with Gasteiger partial charge in [-0.05, 0) is 31.7 Å². The van der Waals surface area contributed by atoms with Crippen LogP contribution in [-0.2, 0) is 6.54 Å². The zero-order valence-corrected chi connectivity index (χ0v) is 11.5. The van der Waals surface area contributed by atoms with Crippen LogP contribution in [0, 0.1) is 5.92 Å². The van der Waals surface area contributed by atoms with Crippen molar-refractivity contribution in [2.24, 2.45) is 5.92 Å². The van der Waals surface area contributed by atoms with Gasteiger partial charge in [-0.1, -0.05) is 18.6 Å². The molecule has 0 spiro atoms. The molecule has 1 aliphatic carbocycles. The second kappa shape index (κ2) is 6.10. The summed E-state index contributed by atoms with van der Waals surface area (Å²) < 4.78 is 10.7. The summed E-state index contributed by atoms with van der Waals surface area (Å²) >= 11 is 0. The molecule has 0 heterocycles. The average Bonchev–Trinajstić information content (AvgIpc) is 2.33. The van der Waals surface area contributed by atoms with E-state index in [1.54, 1.807) is 14.2 Å². The minimum absolute atomic E-state index is 0.578. The van der Waals surface area contributed by atoms with Crippen molar-refractivity contribution < 1.29 is 9.47 Å². The van der Waals surface area contributed by atoms with Gasteiger partial charge >= 0.3 is 0 Å². The number of nitrogens with one attached hydrogen (secondary N) is 1. The lowest BCUT2D eigenvalue weighted by molar-refractivity contribution is 0.239. The van der Waals surface area contributed by atoms with Gasteiger partial charge in [0.25, 0.3) is 0 Å². The third kappa shape index (κ3) is 2.78. The Morgan fingerprint density at radius 1 is 1.28 bits per heavy atom. The third-order valence-corrected chi connectivity index (χ3v) is 3.96. The number of rotatable bonds is 6. The highest BCUT2D eigenvalue weighted by Gasteiger charge is 2.23. The molecule has 1 saturated carbocycles. The lowest BCUT2D eigenvalue weighted by atomic mass is 9.80. The monoisotopic (exact) mass is 249 g/mol. The van der Waals surface area contributed by atoms with E-state index in [0.29, 0.717) is 6.04 Å². The number of para-hydroxylation sites is 1. The molecule has 3 nitrogen and oxygen atoms in total. The molecule has 1 aromatic rings. The van der Waals surface area contributed by atoms with Crippen LogP contribution in [-0.4, -0.2) is 20.3 Å². The topological polar surface area (TPSA) is 30.5 Å². The zero-order valence-electron chi connectivity index (χ0n) is 11.5. The molecule has 2 rings (SSSR count). The Balaban J connectivity index is 1.99. The summed E-state index contributed by atoms with van der Waals surface area (Å²) in [4.78, 5) is 0. The van der Waals surface area contributed by atoms with E-state index < -0.39 is 0 Å². The maximum atomic E-state index is 5.44. The predicted molar refractivity (Wildman–Crippen MR) is 73.2 cm³/mol. The first-order valence-corrected chi connectivity index (χ1v) is 6.69. The molecule has 0 aliphatic heterocycles. The van der Waals surface area contributed by atoms with E-state index in [-0.39, 0.29) is 0 Å². The second-order valence-electron chi connectivity index (χ2n) is 5.01. The maximum absolute atomic E-state index is 5.44. The minimum atomic E-state index is 0.578. The number of benzene rings is 1. The van der Waals surface area contributed by atoms with Crippen molar-refractivity contribution in [1.29, 1.82) is 0 Å². The molecule has 0 saturated heterocycles. The average molecular weight is 249 g/mol. The number of hydrogen-bond acceptors (Lipinski definition) is 3. The fourth-order valence-corrected chi connectivity index (χ4v) is 2.47. The normalized spacial score (nSPS) is 17.1. The first-order chi connectivity index (χ1) is 8.76. The molecule has 1 atom stereocenters. The molecule has 1 aliphatic rings. The van der Waals surface area contributed by atoms with Gasteiger partial charge in [0.15, 0.2) is 11.5 Å². The van der Waals surface area contributed by atoms with Crippen LogP contribution >= 0.6 is 0 Å². The van der Waals surface area contributed by atoms with Gasteiger partial charge in [0, 0.05) is 18.2 Å². The molecular formula is C15H23NO2. The fourth-order valence-electron chi connectivity index (χ4n) is 2.47.